The average molecular weight is 131 g/mol. The van der Waals surface area contributed by atoms with E-state index in [2.05, 4.69) is 32.3 Å². The number of hydrogen-bond donors (Lipinski definition) is 1. The van der Waals surface area contributed by atoms with Crippen LogP contribution in [0.5, 0.6) is 0 Å². The molecule has 0 bridgehead atoms. The summed E-state index contributed by atoms with van der Waals surface area (Å²) < 4.78 is 0. The number of rotatable bonds is 4. The van der Waals surface area contributed by atoms with Gasteiger partial charge in [-0.2, -0.15) is 0 Å². The Morgan fingerprint density at radius 2 is 1.89 bits per heavy atom. The monoisotopic (exact) mass is 131 g/mol. The Bertz CT molecular complexity index is 36.2. The molecule has 58 valence electrons. The number of unbranched alkanes of at least 4 members (excludes halogenated alkanes) is 1. The minimum atomic E-state index is 0. The van der Waals surface area contributed by atoms with Crippen molar-refractivity contribution in [3.63, 3.8) is 0 Å². The van der Waals surface area contributed by atoms with Crippen molar-refractivity contribution < 1.29 is 1.43 Å². The molecule has 0 heterocycles. The normalized spacial score (nSPS) is 7.78. The predicted molar refractivity (Wildman–Crippen MR) is 46.8 cm³/mol. The van der Waals surface area contributed by atoms with Gasteiger partial charge in [0.05, 0.1) is 0 Å². The Morgan fingerprint density at radius 1 is 1.33 bits per heavy atom. The molecular formula is C8H21N. The van der Waals surface area contributed by atoms with Crippen LogP contribution in [0.4, 0.5) is 0 Å². The minimum absolute atomic E-state index is 0. The van der Waals surface area contributed by atoms with Crippen molar-refractivity contribution in [2.75, 3.05) is 13.1 Å². The van der Waals surface area contributed by atoms with Crippen LogP contribution in [0.25, 0.3) is 0 Å². The molecule has 0 aliphatic heterocycles. The van der Waals surface area contributed by atoms with Crippen LogP contribution in [0.2, 0.25) is 0 Å². The van der Waals surface area contributed by atoms with Gasteiger partial charge in [0.25, 0.3) is 0 Å². The molecule has 0 saturated heterocycles. The van der Waals surface area contributed by atoms with Crippen LogP contribution in [0.1, 0.15) is 28.1 Å². The van der Waals surface area contributed by atoms with Gasteiger partial charge in [0.1, 0.15) is 0 Å². The SMILES string of the molecule is C=C.CCCCNCC.[HH]. The van der Waals surface area contributed by atoms with Gasteiger partial charge in [-0.1, -0.05) is 20.3 Å². The molecular weight excluding hydrogens is 110 g/mol. The van der Waals surface area contributed by atoms with Gasteiger partial charge in [0, 0.05) is 1.43 Å². The zero-order valence-corrected chi connectivity index (χ0v) is 6.74. The molecule has 0 atom stereocenters. The molecule has 0 aliphatic rings. The van der Waals surface area contributed by atoms with Crippen molar-refractivity contribution >= 4 is 0 Å². The quantitative estimate of drug-likeness (QED) is 0.456. The maximum Gasteiger partial charge on any atom is 0 e. The number of hydrogen-bond acceptors (Lipinski definition) is 1. The second-order valence-electron chi connectivity index (χ2n) is 1.71. The second kappa shape index (κ2) is 15.6. The highest BCUT2D eigenvalue weighted by atomic mass is 14.8. The molecule has 0 saturated carbocycles. The average Bonchev–Trinajstić information content (AvgIpc) is 1.94. The summed E-state index contributed by atoms with van der Waals surface area (Å²) in [5.41, 5.74) is 0. The molecule has 0 radical (unpaired) electrons. The van der Waals surface area contributed by atoms with Crippen molar-refractivity contribution in [3.05, 3.63) is 13.2 Å². The zero-order chi connectivity index (χ0) is 7.54. The van der Waals surface area contributed by atoms with Gasteiger partial charge in [0.15, 0.2) is 0 Å². The zero-order valence-electron chi connectivity index (χ0n) is 6.74. The topological polar surface area (TPSA) is 12.0 Å². The molecule has 0 rings (SSSR count). The smallest absolute Gasteiger partial charge is 0 e. The van der Waals surface area contributed by atoms with Gasteiger partial charge in [-0.15, -0.1) is 13.2 Å². The molecule has 1 nitrogen and oxygen atoms in total. The van der Waals surface area contributed by atoms with E-state index in [1.165, 1.54) is 19.4 Å². The summed E-state index contributed by atoms with van der Waals surface area (Å²) in [6.07, 6.45) is 2.61. The van der Waals surface area contributed by atoms with E-state index in [-0.39, 0.29) is 1.43 Å². The molecule has 0 spiro atoms. The lowest BCUT2D eigenvalue weighted by Crippen LogP contribution is -2.13. The first-order chi connectivity index (χ1) is 4.41. The van der Waals surface area contributed by atoms with Crippen molar-refractivity contribution in [2.45, 2.75) is 26.7 Å². The van der Waals surface area contributed by atoms with Crippen LogP contribution in [-0.2, 0) is 0 Å². The molecule has 0 aromatic heterocycles. The summed E-state index contributed by atoms with van der Waals surface area (Å²) in [7, 11) is 0. The van der Waals surface area contributed by atoms with Gasteiger partial charge in [-0.05, 0) is 19.5 Å². The standard InChI is InChI=1S/C6H15N.C2H4.H2/c1-3-5-6-7-4-2;1-2;/h7H,3-6H2,1-2H3;1-2H2;1H. The molecule has 0 aromatic rings. The summed E-state index contributed by atoms with van der Waals surface area (Å²) in [5.74, 6) is 0. The van der Waals surface area contributed by atoms with Crippen LogP contribution >= 0.6 is 0 Å². The lowest BCUT2D eigenvalue weighted by atomic mass is 10.3. The van der Waals surface area contributed by atoms with Crippen LogP contribution in [-0.4, -0.2) is 13.1 Å². The number of nitrogens with one attached hydrogen (secondary N) is 1. The van der Waals surface area contributed by atoms with E-state index in [9.17, 15) is 0 Å². The molecule has 0 aliphatic carbocycles. The fourth-order valence-corrected chi connectivity index (χ4v) is 0.479. The highest BCUT2D eigenvalue weighted by Crippen LogP contribution is 1.80. The minimum Gasteiger partial charge on any atom is -0.317 e. The lowest BCUT2D eigenvalue weighted by molar-refractivity contribution is 0.663. The maximum atomic E-state index is 3.25. The van der Waals surface area contributed by atoms with E-state index in [4.69, 9.17) is 0 Å². The van der Waals surface area contributed by atoms with Crippen molar-refractivity contribution in [3.8, 4) is 0 Å². The molecule has 1 heteroatoms. The first-order valence-electron chi connectivity index (χ1n) is 3.62. The summed E-state index contributed by atoms with van der Waals surface area (Å²) in [5, 5.41) is 3.25. The summed E-state index contributed by atoms with van der Waals surface area (Å²) in [6.45, 7) is 12.6. The van der Waals surface area contributed by atoms with E-state index in [0.717, 1.165) is 6.54 Å². The Balaban J connectivity index is -0.000000149. The largest absolute Gasteiger partial charge is 0.317 e. The highest BCUT2D eigenvalue weighted by Gasteiger charge is 1.77. The van der Waals surface area contributed by atoms with Gasteiger partial charge in [-0.25, -0.2) is 0 Å². The fraction of sp³-hybridized carbons (Fsp3) is 0.750. The van der Waals surface area contributed by atoms with E-state index in [1.807, 2.05) is 0 Å². The second-order valence-corrected chi connectivity index (χ2v) is 1.71. The lowest BCUT2D eigenvalue weighted by Gasteiger charge is -1.95. The maximum absolute atomic E-state index is 3.25. The molecule has 0 fully saturated rings. The summed E-state index contributed by atoms with van der Waals surface area (Å²) in [4.78, 5) is 0. The third-order valence-electron chi connectivity index (χ3n) is 0.957. The molecule has 0 amide bonds. The summed E-state index contributed by atoms with van der Waals surface area (Å²) >= 11 is 0. The fourth-order valence-electron chi connectivity index (χ4n) is 0.479. The highest BCUT2D eigenvalue weighted by molar-refractivity contribution is 4.39. The van der Waals surface area contributed by atoms with Crippen LogP contribution < -0.4 is 5.32 Å². The molecule has 9 heavy (non-hydrogen) atoms. The van der Waals surface area contributed by atoms with Gasteiger partial charge >= 0.3 is 0 Å². The third kappa shape index (κ3) is 18.3. The first kappa shape index (κ1) is 11.5. The Hall–Kier alpha value is -0.300. The third-order valence-corrected chi connectivity index (χ3v) is 0.957. The van der Waals surface area contributed by atoms with Crippen LogP contribution in [0.3, 0.4) is 0 Å². The first-order valence-corrected chi connectivity index (χ1v) is 3.62. The van der Waals surface area contributed by atoms with Crippen LogP contribution in [0, 0.1) is 0 Å². The van der Waals surface area contributed by atoms with E-state index in [1.54, 1.807) is 0 Å². The Morgan fingerprint density at radius 3 is 2.22 bits per heavy atom. The van der Waals surface area contributed by atoms with Crippen molar-refractivity contribution in [2.24, 2.45) is 0 Å². The Labute approximate surface area is 60.6 Å². The van der Waals surface area contributed by atoms with Crippen molar-refractivity contribution in [1.29, 1.82) is 0 Å². The molecule has 1 N–H and O–H groups in total. The van der Waals surface area contributed by atoms with E-state index >= 15 is 0 Å². The van der Waals surface area contributed by atoms with Gasteiger partial charge in [-0.3, -0.25) is 0 Å². The molecule has 0 aromatic carbocycles. The molecule has 0 unspecified atom stereocenters. The van der Waals surface area contributed by atoms with E-state index < -0.39 is 0 Å². The Kier molecular flexibility index (Phi) is 20.0. The van der Waals surface area contributed by atoms with E-state index in [0.29, 0.717) is 0 Å². The summed E-state index contributed by atoms with van der Waals surface area (Å²) in [6, 6.07) is 0. The van der Waals surface area contributed by atoms with Gasteiger partial charge in [0.2, 0.25) is 0 Å². The van der Waals surface area contributed by atoms with Crippen LogP contribution in [0.15, 0.2) is 13.2 Å². The predicted octanol–water partition coefficient (Wildman–Crippen LogP) is 2.44. The van der Waals surface area contributed by atoms with Gasteiger partial charge < -0.3 is 5.32 Å². The van der Waals surface area contributed by atoms with Crippen molar-refractivity contribution in [1.82, 2.24) is 5.32 Å².